The number of nitrogens with zero attached hydrogens (tertiary/aromatic N) is 4. The van der Waals surface area contributed by atoms with Crippen LogP contribution in [-0.4, -0.2) is 46.2 Å². The lowest BCUT2D eigenvalue weighted by Crippen LogP contribution is -2.46. The normalized spacial score (nSPS) is 18.4. The molecule has 1 aromatic carbocycles. The fraction of sp³-hybridized carbons (Fsp3) is 0.529. The molecule has 0 spiro atoms. The second kappa shape index (κ2) is 7.13. The Bertz CT molecular complexity index is 691. The molecule has 1 aliphatic heterocycles. The molecule has 1 saturated heterocycles. The highest BCUT2D eigenvalue weighted by atomic mass is 19.4. The fourth-order valence-corrected chi connectivity index (χ4v) is 3.00. The highest BCUT2D eigenvalue weighted by Crippen LogP contribution is 2.29. The lowest BCUT2D eigenvalue weighted by Gasteiger charge is -2.36. The van der Waals surface area contributed by atoms with E-state index in [4.69, 9.17) is 4.42 Å². The third kappa shape index (κ3) is 4.38. The molecule has 1 aliphatic rings. The fourth-order valence-electron chi connectivity index (χ4n) is 3.00. The number of hydrogen-bond acceptors (Lipinski definition) is 5. The number of halogens is 3. The minimum Gasteiger partial charge on any atom is -0.424 e. The Morgan fingerprint density at radius 1 is 1.08 bits per heavy atom. The van der Waals surface area contributed by atoms with Crippen LogP contribution in [0.2, 0.25) is 0 Å². The van der Waals surface area contributed by atoms with E-state index in [2.05, 4.69) is 20.0 Å². The SMILES string of the molecule is Cc1nnc([C@@H](C)N2CCN(Cc3ccc(C(F)(F)F)cc3)CC2)o1. The molecule has 0 radical (unpaired) electrons. The van der Waals surface area contributed by atoms with Gasteiger partial charge in [-0.05, 0) is 24.6 Å². The van der Waals surface area contributed by atoms with Crippen molar-refractivity contribution in [2.45, 2.75) is 32.6 Å². The van der Waals surface area contributed by atoms with E-state index in [9.17, 15) is 13.2 Å². The molecule has 2 aromatic rings. The summed E-state index contributed by atoms with van der Waals surface area (Å²) in [6.45, 7) is 7.85. The molecule has 136 valence electrons. The van der Waals surface area contributed by atoms with E-state index >= 15 is 0 Å². The van der Waals surface area contributed by atoms with Gasteiger partial charge in [-0.2, -0.15) is 13.2 Å². The molecular formula is C17H21F3N4O. The number of benzene rings is 1. The van der Waals surface area contributed by atoms with Crippen LogP contribution in [0.25, 0.3) is 0 Å². The summed E-state index contributed by atoms with van der Waals surface area (Å²) in [5, 5.41) is 7.94. The number of alkyl halides is 3. The first-order chi connectivity index (χ1) is 11.8. The van der Waals surface area contributed by atoms with Crippen molar-refractivity contribution in [3.8, 4) is 0 Å². The van der Waals surface area contributed by atoms with E-state index in [1.807, 2.05) is 6.92 Å². The molecule has 5 nitrogen and oxygen atoms in total. The Morgan fingerprint density at radius 3 is 2.24 bits per heavy atom. The Kier molecular flexibility index (Phi) is 5.10. The van der Waals surface area contributed by atoms with Gasteiger partial charge in [0.25, 0.3) is 0 Å². The van der Waals surface area contributed by atoms with Crippen molar-refractivity contribution in [2.24, 2.45) is 0 Å². The summed E-state index contributed by atoms with van der Waals surface area (Å²) in [6.07, 6.45) is -4.28. The van der Waals surface area contributed by atoms with Gasteiger partial charge >= 0.3 is 6.18 Å². The number of aromatic nitrogens is 2. The van der Waals surface area contributed by atoms with Crippen LogP contribution in [-0.2, 0) is 12.7 Å². The molecule has 0 bridgehead atoms. The molecule has 3 rings (SSSR count). The number of hydrogen-bond donors (Lipinski definition) is 0. The van der Waals surface area contributed by atoms with Crippen LogP contribution in [0, 0.1) is 6.92 Å². The lowest BCUT2D eigenvalue weighted by atomic mass is 10.1. The Hall–Kier alpha value is -1.93. The first-order valence-corrected chi connectivity index (χ1v) is 8.25. The molecule has 0 aliphatic carbocycles. The van der Waals surface area contributed by atoms with Gasteiger partial charge < -0.3 is 4.42 Å². The van der Waals surface area contributed by atoms with Crippen molar-refractivity contribution in [1.82, 2.24) is 20.0 Å². The van der Waals surface area contributed by atoms with Crippen LogP contribution in [0.1, 0.15) is 35.9 Å². The van der Waals surface area contributed by atoms with Crippen LogP contribution in [0.3, 0.4) is 0 Å². The minimum absolute atomic E-state index is 0.0643. The zero-order chi connectivity index (χ0) is 18.0. The minimum atomic E-state index is -4.28. The van der Waals surface area contributed by atoms with Gasteiger partial charge in [-0.15, -0.1) is 10.2 Å². The molecule has 1 fully saturated rings. The quantitative estimate of drug-likeness (QED) is 0.843. The maximum Gasteiger partial charge on any atom is 0.416 e. The topological polar surface area (TPSA) is 45.4 Å². The number of piperazine rings is 1. The van der Waals surface area contributed by atoms with Crippen molar-refractivity contribution in [3.63, 3.8) is 0 Å². The summed E-state index contributed by atoms with van der Waals surface area (Å²) < 4.78 is 43.3. The van der Waals surface area contributed by atoms with Crippen molar-refractivity contribution >= 4 is 0 Å². The Balaban J connectivity index is 1.52. The van der Waals surface area contributed by atoms with E-state index in [0.717, 1.165) is 43.9 Å². The maximum absolute atomic E-state index is 12.6. The Labute approximate surface area is 144 Å². The largest absolute Gasteiger partial charge is 0.424 e. The average molecular weight is 354 g/mol. The third-order valence-electron chi connectivity index (χ3n) is 4.54. The van der Waals surface area contributed by atoms with E-state index < -0.39 is 11.7 Å². The molecule has 25 heavy (non-hydrogen) atoms. The highest BCUT2D eigenvalue weighted by molar-refractivity contribution is 5.24. The molecule has 2 heterocycles. The summed E-state index contributed by atoms with van der Waals surface area (Å²) in [7, 11) is 0. The van der Waals surface area contributed by atoms with E-state index in [0.29, 0.717) is 18.3 Å². The first kappa shape index (κ1) is 17.9. The van der Waals surface area contributed by atoms with Crippen molar-refractivity contribution in [3.05, 3.63) is 47.2 Å². The van der Waals surface area contributed by atoms with Gasteiger partial charge in [0.1, 0.15) is 0 Å². The van der Waals surface area contributed by atoms with Crippen molar-refractivity contribution in [2.75, 3.05) is 26.2 Å². The second-order valence-corrected chi connectivity index (χ2v) is 6.34. The second-order valence-electron chi connectivity index (χ2n) is 6.34. The van der Waals surface area contributed by atoms with E-state index in [-0.39, 0.29) is 6.04 Å². The molecule has 0 saturated carbocycles. The van der Waals surface area contributed by atoms with Gasteiger partial charge in [-0.3, -0.25) is 9.80 Å². The lowest BCUT2D eigenvalue weighted by molar-refractivity contribution is -0.137. The van der Waals surface area contributed by atoms with Gasteiger partial charge in [0.05, 0.1) is 11.6 Å². The van der Waals surface area contributed by atoms with Crippen LogP contribution in [0.15, 0.2) is 28.7 Å². The molecule has 8 heteroatoms. The van der Waals surface area contributed by atoms with Crippen LogP contribution in [0.4, 0.5) is 13.2 Å². The third-order valence-corrected chi connectivity index (χ3v) is 4.54. The molecule has 0 N–H and O–H groups in total. The summed E-state index contributed by atoms with van der Waals surface area (Å²) >= 11 is 0. The monoisotopic (exact) mass is 354 g/mol. The Morgan fingerprint density at radius 2 is 1.72 bits per heavy atom. The predicted octanol–water partition coefficient (Wildman–Crippen LogP) is 3.28. The van der Waals surface area contributed by atoms with E-state index in [1.165, 1.54) is 0 Å². The van der Waals surface area contributed by atoms with Crippen LogP contribution in [0.5, 0.6) is 0 Å². The summed E-state index contributed by atoms with van der Waals surface area (Å²) in [5.74, 6) is 1.18. The summed E-state index contributed by atoms with van der Waals surface area (Å²) in [6, 6.07) is 5.46. The molecule has 1 aromatic heterocycles. The molecule has 0 unspecified atom stereocenters. The van der Waals surface area contributed by atoms with Crippen LogP contribution >= 0.6 is 0 Å². The van der Waals surface area contributed by atoms with Gasteiger partial charge in [0, 0.05) is 39.6 Å². The van der Waals surface area contributed by atoms with Gasteiger partial charge in [-0.25, -0.2) is 0 Å². The number of aryl methyl sites for hydroxylation is 1. The van der Waals surface area contributed by atoms with Crippen molar-refractivity contribution < 1.29 is 17.6 Å². The van der Waals surface area contributed by atoms with Crippen molar-refractivity contribution in [1.29, 1.82) is 0 Å². The van der Waals surface area contributed by atoms with Crippen LogP contribution < -0.4 is 0 Å². The first-order valence-electron chi connectivity index (χ1n) is 8.25. The smallest absolute Gasteiger partial charge is 0.416 e. The molecule has 0 amide bonds. The van der Waals surface area contributed by atoms with Gasteiger partial charge in [0.15, 0.2) is 0 Å². The van der Waals surface area contributed by atoms with Gasteiger partial charge in [0.2, 0.25) is 11.8 Å². The van der Waals surface area contributed by atoms with Gasteiger partial charge in [-0.1, -0.05) is 12.1 Å². The predicted molar refractivity (Wildman–Crippen MR) is 85.7 cm³/mol. The summed E-state index contributed by atoms with van der Waals surface area (Å²) in [5.41, 5.74) is 0.284. The number of rotatable bonds is 4. The zero-order valence-corrected chi connectivity index (χ0v) is 14.3. The summed E-state index contributed by atoms with van der Waals surface area (Å²) in [4.78, 5) is 4.51. The van der Waals surface area contributed by atoms with E-state index in [1.54, 1.807) is 19.1 Å². The maximum atomic E-state index is 12.6. The zero-order valence-electron chi connectivity index (χ0n) is 14.3. The molecule has 1 atom stereocenters. The molecular weight excluding hydrogens is 333 g/mol. The highest BCUT2D eigenvalue weighted by Gasteiger charge is 2.30. The standard InChI is InChI=1S/C17H21F3N4O/c1-12(16-22-21-13(2)25-16)24-9-7-23(8-10-24)11-14-3-5-15(6-4-14)17(18,19)20/h3-6,12H,7-11H2,1-2H3/t12-/m1/s1. The average Bonchev–Trinajstić information content (AvgIpc) is 3.01.